The molecule has 0 N–H and O–H groups in total. The van der Waals surface area contributed by atoms with E-state index in [4.69, 9.17) is 16.6 Å². The van der Waals surface area contributed by atoms with Crippen LogP contribution in [0.3, 0.4) is 0 Å². The molecule has 4 rings (SSSR count). The van der Waals surface area contributed by atoms with E-state index in [-0.39, 0.29) is 51.5 Å². The van der Waals surface area contributed by atoms with Gasteiger partial charge in [-0.25, -0.2) is 8.42 Å². The number of hydrogen-bond acceptors (Lipinski definition) is 9. The first-order valence-electron chi connectivity index (χ1n) is 10.7. The molecule has 0 unspecified atom stereocenters. The molecule has 0 aliphatic carbocycles. The van der Waals surface area contributed by atoms with Crippen molar-refractivity contribution in [3.8, 4) is 0 Å². The van der Waals surface area contributed by atoms with E-state index in [1.165, 1.54) is 46.2 Å². The van der Waals surface area contributed by atoms with Crippen molar-refractivity contribution in [3.05, 3.63) is 49.7 Å². The first-order chi connectivity index (χ1) is 16.6. The van der Waals surface area contributed by atoms with Crippen LogP contribution in [-0.2, 0) is 28.0 Å². The minimum absolute atomic E-state index is 0. The van der Waals surface area contributed by atoms with Crippen molar-refractivity contribution < 1.29 is 56.3 Å². The summed E-state index contributed by atoms with van der Waals surface area (Å²) in [6, 6.07) is 3.97. The molecular weight excluding hydrogens is 554 g/mol. The summed E-state index contributed by atoms with van der Waals surface area (Å²) in [7, 11) is -4.60. The maximum atomic E-state index is 13.0. The molecule has 1 aromatic carbocycles. The molecule has 0 saturated carbocycles. The van der Waals surface area contributed by atoms with Crippen LogP contribution in [0, 0.1) is 0 Å². The molecule has 1 saturated heterocycles. The predicted octanol–water partition coefficient (Wildman–Crippen LogP) is -1.63. The van der Waals surface area contributed by atoms with Gasteiger partial charge in [0.15, 0.2) is 0 Å². The van der Waals surface area contributed by atoms with Gasteiger partial charge in [-0.1, -0.05) is 30.1 Å². The number of fused-ring (bicyclic) bond motifs is 1. The average molecular weight is 575 g/mol. The summed E-state index contributed by atoms with van der Waals surface area (Å²) in [5.41, 5.74) is 0.688. The predicted molar refractivity (Wildman–Crippen MR) is 138 cm³/mol. The van der Waals surface area contributed by atoms with E-state index in [0.717, 1.165) is 0 Å². The Morgan fingerprint density at radius 3 is 2.50 bits per heavy atom. The number of aryl methyl sites for hydroxylation is 1. The first-order valence-corrected chi connectivity index (χ1v) is 14.1. The number of carbonyl (C=O) groups excluding carboxylic acids is 1. The molecule has 1 fully saturated rings. The molecule has 36 heavy (non-hydrogen) atoms. The number of thiocarbonyl (C=S) groups is 1. The van der Waals surface area contributed by atoms with Crippen LogP contribution in [0.2, 0.25) is 0 Å². The van der Waals surface area contributed by atoms with Crippen molar-refractivity contribution in [1.29, 1.82) is 0 Å². The number of rotatable bonds is 6. The molecule has 0 radical (unpaired) electrons. The van der Waals surface area contributed by atoms with Gasteiger partial charge in [-0.3, -0.25) is 19.1 Å². The molecule has 0 bridgehead atoms. The SMILES string of the molecule is CCN1C(=O)/C(=c2/s/c(=C\C=C\c3oc4cc(S(=O)(=O)[O-])ccc4[n+]3CC)c(=O)n2CC)SC1=S.[Na+]. The van der Waals surface area contributed by atoms with Crippen LogP contribution in [0.1, 0.15) is 26.7 Å². The fourth-order valence-electron chi connectivity index (χ4n) is 3.70. The molecule has 1 aliphatic rings. The maximum Gasteiger partial charge on any atom is 1.00 e. The molecule has 1 aliphatic heterocycles. The molecule has 3 aromatic rings. The fourth-order valence-corrected chi connectivity index (χ4v) is 6.84. The van der Waals surface area contributed by atoms with Crippen LogP contribution in [0.25, 0.3) is 28.2 Å². The van der Waals surface area contributed by atoms with Gasteiger partial charge in [-0.05, 0) is 32.9 Å². The van der Waals surface area contributed by atoms with Crippen molar-refractivity contribution in [3.63, 3.8) is 0 Å². The number of aromatic nitrogens is 2. The van der Waals surface area contributed by atoms with Crippen LogP contribution in [0.4, 0.5) is 0 Å². The van der Waals surface area contributed by atoms with Gasteiger partial charge < -0.3 is 8.97 Å². The van der Waals surface area contributed by atoms with E-state index in [1.807, 2.05) is 25.3 Å². The smallest absolute Gasteiger partial charge is 0.744 e. The number of benzene rings is 1. The Balaban J connectivity index is 0.00000361. The number of amides is 1. The molecule has 9 nitrogen and oxygen atoms in total. The average Bonchev–Trinajstić information content (AvgIpc) is 3.42. The zero-order valence-electron chi connectivity index (χ0n) is 20.0. The van der Waals surface area contributed by atoms with E-state index >= 15 is 0 Å². The van der Waals surface area contributed by atoms with Crippen molar-refractivity contribution in [2.24, 2.45) is 0 Å². The van der Waals surface area contributed by atoms with Gasteiger partial charge in [0.25, 0.3) is 17.0 Å². The molecule has 1 amide bonds. The largest absolute Gasteiger partial charge is 1.00 e. The Kier molecular flexibility index (Phi) is 9.21. The number of hydrogen-bond donors (Lipinski definition) is 0. The third kappa shape index (κ3) is 5.34. The van der Waals surface area contributed by atoms with Gasteiger partial charge in [0.05, 0.1) is 15.5 Å². The molecular formula is C22H21N3NaO6S4+. The minimum atomic E-state index is -4.60. The monoisotopic (exact) mass is 574 g/mol. The second-order valence-electron chi connectivity index (χ2n) is 7.36. The van der Waals surface area contributed by atoms with Gasteiger partial charge >= 0.3 is 35.4 Å². The molecule has 2 aromatic heterocycles. The Bertz CT molecular complexity index is 1680. The van der Waals surface area contributed by atoms with Crippen molar-refractivity contribution in [2.45, 2.75) is 38.8 Å². The van der Waals surface area contributed by atoms with Crippen molar-refractivity contribution in [1.82, 2.24) is 9.47 Å². The standard InChI is InChI=1S/C22H21N3O6S4.Na/c1-4-23-14-11-10-13(35(28,29)30)12-15(14)31-17(23)9-7-8-16-19(26)24(5-2)21(33-16)18-20(27)25(6-3)22(32)34-18;/h7-12H,4-6H2,1-3H3;/q;+1/b9-7+,16-8-,21-18-;. The number of thioether (sulfide) groups is 1. The second kappa shape index (κ2) is 11.4. The Morgan fingerprint density at radius 2 is 1.92 bits per heavy atom. The van der Waals surface area contributed by atoms with E-state index in [2.05, 4.69) is 0 Å². The zero-order valence-corrected chi connectivity index (χ0v) is 25.3. The van der Waals surface area contributed by atoms with Gasteiger partial charge in [-0.15, -0.1) is 11.3 Å². The van der Waals surface area contributed by atoms with Gasteiger partial charge in [-0.2, -0.15) is 4.57 Å². The quantitative estimate of drug-likeness (QED) is 0.149. The van der Waals surface area contributed by atoms with Crippen LogP contribution in [-0.4, -0.2) is 39.2 Å². The molecule has 0 spiro atoms. The zero-order chi connectivity index (χ0) is 25.5. The normalized spacial score (nSPS) is 16.6. The van der Waals surface area contributed by atoms with Crippen LogP contribution in [0.15, 0.2) is 38.4 Å². The van der Waals surface area contributed by atoms with Crippen LogP contribution in [0.5, 0.6) is 0 Å². The molecule has 0 atom stereocenters. The topological polar surface area (TPSA) is 117 Å². The number of oxazole rings is 1. The van der Waals surface area contributed by atoms with Crippen LogP contribution >= 0.6 is 35.3 Å². The third-order valence-electron chi connectivity index (χ3n) is 5.38. The molecule has 14 heteroatoms. The van der Waals surface area contributed by atoms with Gasteiger partial charge in [0.1, 0.15) is 30.6 Å². The Hall–Kier alpha value is -1.58. The summed E-state index contributed by atoms with van der Waals surface area (Å²) in [6.45, 7) is 7.00. The molecule has 184 valence electrons. The summed E-state index contributed by atoms with van der Waals surface area (Å²) in [4.78, 5) is 27.3. The number of carbonyl (C=O) groups is 1. The Labute approximate surface area is 242 Å². The van der Waals surface area contributed by atoms with E-state index in [9.17, 15) is 22.6 Å². The van der Waals surface area contributed by atoms with E-state index < -0.39 is 10.1 Å². The summed E-state index contributed by atoms with van der Waals surface area (Å²) in [5, 5.41) is 0. The number of nitrogens with zero attached hydrogens (tertiary/aromatic N) is 3. The fraction of sp³-hybridized carbons (Fsp3) is 0.273. The minimum Gasteiger partial charge on any atom is -0.744 e. The van der Waals surface area contributed by atoms with E-state index in [1.54, 1.807) is 22.8 Å². The van der Waals surface area contributed by atoms with Crippen LogP contribution < -0.4 is 48.9 Å². The summed E-state index contributed by atoms with van der Waals surface area (Å²) < 4.78 is 44.6. The van der Waals surface area contributed by atoms with Gasteiger partial charge in [0.2, 0.25) is 5.58 Å². The summed E-state index contributed by atoms with van der Waals surface area (Å²) in [6.07, 6.45) is 4.95. The maximum absolute atomic E-state index is 13.0. The van der Waals surface area contributed by atoms with Crippen molar-refractivity contribution >= 4 is 83.8 Å². The summed E-state index contributed by atoms with van der Waals surface area (Å²) in [5.74, 6) is 0.227. The van der Waals surface area contributed by atoms with E-state index in [0.29, 0.717) is 49.5 Å². The van der Waals surface area contributed by atoms with Gasteiger partial charge in [0, 0.05) is 25.2 Å². The number of allylic oxidation sites excluding steroid dienone is 1. The van der Waals surface area contributed by atoms with Crippen molar-refractivity contribution in [2.75, 3.05) is 6.54 Å². The molecule has 3 heterocycles. The summed E-state index contributed by atoms with van der Waals surface area (Å²) >= 11 is 7.72. The Morgan fingerprint density at radius 1 is 1.19 bits per heavy atom. The third-order valence-corrected chi connectivity index (χ3v) is 8.92. The number of thiazole rings is 1. The second-order valence-corrected chi connectivity index (χ2v) is 11.4. The first kappa shape index (κ1) is 29.0.